The number of hydrogen-bond donors (Lipinski definition) is 1. The van der Waals surface area contributed by atoms with Crippen LogP contribution in [-0.2, 0) is 6.54 Å². The maximum absolute atomic E-state index is 11.1. The lowest BCUT2D eigenvalue weighted by atomic mass is 10.1. The largest absolute Gasteiger partial charge is 0.314 e. The number of halogens is 1. The zero-order chi connectivity index (χ0) is 13.8. The summed E-state index contributed by atoms with van der Waals surface area (Å²) in [5.41, 5.74) is 0.843. The molecule has 19 heavy (non-hydrogen) atoms. The predicted octanol–water partition coefficient (Wildman–Crippen LogP) is 2.43. The summed E-state index contributed by atoms with van der Waals surface area (Å²) in [6.45, 7) is 5.60. The lowest BCUT2D eigenvalue weighted by molar-refractivity contribution is -0.385. The van der Waals surface area contributed by atoms with E-state index in [4.69, 9.17) is 11.6 Å². The minimum absolute atomic E-state index is 0.112. The Hall–Kier alpha value is -1.17. The number of benzene rings is 1. The second-order valence-corrected chi connectivity index (χ2v) is 5.25. The van der Waals surface area contributed by atoms with Crippen molar-refractivity contribution in [2.24, 2.45) is 0 Å². The summed E-state index contributed by atoms with van der Waals surface area (Å²) >= 11 is 5.83. The van der Waals surface area contributed by atoms with Crippen LogP contribution in [0.4, 0.5) is 5.69 Å². The predicted molar refractivity (Wildman–Crippen MR) is 75.5 cm³/mol. The van der Waals surface area contributed by atoms with Gasteiger partial charge in [0.1, 0.15) is 0 Å². The van der Waals surface area contributed by atoms with Gasteiger partial charge < -0.3 is 5.32 Å². The van der Waals surface area contributed by atoms with Crippen molar-refractivity contribution >= 4 is 17.3 Å². The first-order valence-corrected chi connectivity index (χ1v) is 6.87. The molecule has 0 bridgehead atoms. The van der Waals surface area contributed by atoms with Gasteiger partial charge in [-0.3, -0.25) is 15.0 Å². The van der Waals surface area contributed by atoms with Crippen LogP contribution in [0, 0.1) is 10.1 Å². The molecule has 1 N–H and O–H groups in total. The van der Waals surface area contributed by atoms with Crippen LogP contribution in [-0.4, -0.2) is 35.5 Å². The van der Waals surface area contributed by atoms with Gasteiger partial charge in [-0.2, -0.15) is 0 Å². The molecule has 2 rings (SSSR count). The summed E-state index contributed by atoms with van der Waals surface area (Å²) in [6.07, 6.45) is 1.04. The highest BCUT2D eigenvalue weighted by molar-refractivity contribution is 6.30. The Labute approximate surface area is 117 Å². The first-order valence-electron chi connectivity index (χ1n) is 6.49. The molecule has 0 saturated carbocycles. The number of nitro benzene ring substituents is 1. The van der Waals surface area contributed by atoms with E-state index in [0.29, 0.717) is 17.6 Å². The highest BCUT2D eigenvalue weighted by Crippen LogP contribution is 2.25. The van der Waals surface area contributed by atoms with Crippen LogP contribution < -0.4 is 5.32 Å². The summed E-state index contributed by atoms with van der Waals surface area (Å²) < 4.78 is 0. The van der Waals surface area contributed by atoms with Crippen molar-refractivity contribution in [2.45, 2.75) is 25.9 Å². The third-order valence-electron chi connectivity index (χ3n) is 3.40. The Morgan fingerprint density at radius 3 is 2.79 bits per heavy atom. The van der Waals surface area contributed by atoms with E-state index in [1.54, 1.807) is 12.1 Å². The molecule has 5 nitrogen and oxygen atoms in total. The molecule has 0 amide bonds. The van der Waals surface area contributed by atoms with Crippen molar-refractivity contribution in [3.8, 4) is 0 Å². The van der Waals surface area contributed by atoms with Crippen LogP contribution in [0.2, 0.25) is 5.02 Å². The van der Waals surface area contributed by atoms with E-state index in [-0.39, 0.29) is 10.6 Å². The van der Waals surface area contributed by atoms with E-state index in [1.807, 2.05) is 0 Å². The average Bonchev–Trinajstić information content (AvgIpc) is 2.29. The Kier molecular flexibility index (Phi) is 4.74. The molecule has 0 aliphatic carbocycles. The Morgan fingerprint density at radius 1 is 1.53 bits per heavy atom. The number of nitrogens with one attached hydrogen (secondary N) is 1. The van der Waals surface area contributed by atoms with Crippen LogP contribution in [0.1, 0.15) is 18.9 Å². The molecule has 1 heterocycles. The minimum Gasteiger partial charge on any atom is -0.314 e. The molecule has 0 aromatic heterocycles. The lowest BCUT2D eigenvalue weighted by Gasteiger charge is -2.38. The minimum atomic E-state index is -0.357. The first-order chi connectivity index (χ1) is 9.11. The number of nitro groups is 1. The van der Waals surface area contributed by atoms with Crippen LogP contribution in [0.3, 0.4) is 0 Å². The molecular weight excluding hydrogens is 266 g/mol. The molecule has 0 atom stereocenters. The summed E-state index contributed by atoms with van der Waals surface area (Å²) in [7, 11) is 0. The van der Waals surface area contributed by atoms with Gasteiger partial charge >= 0.3 is 0 Å². The fraction of sp³-hybridized carbons (Fsp3) is 0.538. The molecule has 1 fully saturated rings. The Bertz CT molecular complexity index is 463. The van der Waals surface area contributed by atoms with Crippen molar-refractivity contribution in [3.63, 3.8) is 0 Å². The van der Waals surface area contributed by atoms with E-state index >= 15 is 0 Å². The van der Waals surface area contributed by atoms with Crippen LogP contribution >= 0.6 is 11.6 Å². The molecule has 1 aliphatic heterocycles. The van der Waals surface area contributed by atoms with Gasteiger partial charge in [-0.15, -0.1) is 0 Å². The van der Waals surface area contributed by atoms with E-state index in [9.17, 15) is 10.1 Å². The highest BCUT2D eigenvalue weighted by atomic mass is 35.5. The molecular formula is C13H18ClN3O2. The average molecular weight is 284 g/mol. The van der Waals surface area contributed by atoms with Crippen molar-refractivity contribution in [1.29, 1.82) is 0 Å². The van der Waals surface area contributed by atoms with E-state index in [1.165, 1.54) is 6.07 Å². The van der Waals surface area contributed by atoms with E-state index < -0.39 is 0 Å². The van der Waals surface area contributed by atoms with Crippen LogP contribution in [0.25, 0.3) is 0 Å². The number of nitrogens with zero attached hydrogens (tertiary/aromatic N) is 2. The van der Waals surface area contributed by atoms with Crippen molar-refractivity contribution in [3.05, 3.63) is 38.9 Å². The summed E-state index contributed by atoms with van der Waals surface area (Å²) in [4.78, 5) is 13.0. The summed E-state index contributed by atoms with van der Waals surface area (Å²) in [6, 6.07) is 5.39. The quantitative estimate of drug-likeness (QED) is 0.643. The smallest absolute Gasteiger partial charge is 0.275 e. The first kappa shape index (κ1) is 14.2. The van der Waals surface area contributed by atoms with Gasteiger partial charge in [-0.25, -0.2) is 0 Å². The normalized spacial score (nSPS) is 15.5. The second kappa shape index (κ2) is 6.32. The van der Waals surface area contributed by atoms with E-state index in [2.05, 4.69) is 17.1 Å². The molecule has 104 valence electrons. The maximum Gasteiger partial charge on any atom is 0.275 e. The van der Waals surface area contributed by atoms with Gasteiger partial charge in [0.05, 0.1) is 4.92 Å². The summed E-state index contributed by atoms with van der Waals surface area (Å²) in [5.74, 6) is 0. The van der Waals surface area contributed by atoms with Crippen molar-refractivity contribution < 1.29 is 4.92 Å². The number of rotatable bonds is 6. The Morgan fingerprint density at radius 2 is 2.26 bits per heavy atom. The van der Waals surface area contributed by atoms with Gasteiger partial charge in [-0.1, -0.05) is 18.5 Å². The number of hydrogen-bond acceptors (Lipinski definition) is 4. The van der Waals surface area contributed by atoms with Gasteiger partial charge in [0.2, 0.25) is 0 Å². The Balaban J connectivity index is 2.17. The monoisotopic (exact) mass is 283 g/mol. The standard InChI is InChI=1S/C13H18ClN3O2/c1-2-5-16(12-7-15-8-12)9-10-3-4-11(14)6-13(10)17(18)19/h3-4,6,12,15H,2,5,7-9H2,1H3. The molecule has 1 aliphatic rings. The lowest BCUT2D eigenvalue weighted by Crippen LogP contribution is -2.57. The van der Waals surface area contributed by atoms with Gasteiger partial charge in [0.25, 0.3) is 5.69 Å². The molecule has 0 spiro atoms. The molecule has 0 unspecified atom stereocenters. The van der Waals surface area contributed by atoms with Crippen LogP contribution in [0.5, 0.6) is 0 Å². The van der Waals surface area contributed by atoms with Gasteiger partial charge in [-0.05, 0) is 25.1 Å². The van der Waals surface area contributed by atoms with E-state index in [0.717, 1.165) is 31.6 Å². The molecule has 1 aromatic rings. The second-order valence-electron chi connectivity index (χ2n) is 4.81. The van der Waals surface area contributed by atoms with Gasteiger partial charge in [0.15, 0.2) is 0 Å². The third-order valence-corrected chi connectivity index (χ3v) is 3.64. The third kappa shape index (κ3) is 3.43. The fourth-order valence-electron chi connectivity index (χ4n) is 2.27. The topological polar surface area (TPSA) is 58.4 Å². The maximum atomic E-state index is 11.1. The van der Waals surface area contributed by atoms with Crippen molar-refractivity contribution in [1.82, 2.24) is 10.2 Å². The molecule has 1 saturated heterocycles. The molecule has 1 aromatic carbocycles. The fourth-order valence-corrected chi connectivity index (χ4v) is 2.44. The highest BCUT2D eigenvalue weighted by Gasteiger charge is 2.26. The van der Waals surface area contributed by atoms with Gasteiger partial charge in [0, 0.05) is 42.3 Å². The zero-order valence-corrected chi connectivity index (χ0v) is 11.7. The molecule has 0 radical (unpaired) electrons. The zero-order valence-electron chi connectivity index (χ0n) is 10.9. The van der Waals surface area contributed by atoms with Crippen molar-refractivity contribution in [2.75, 3.05) is 19.6 Å². The molecule has 6 heteroatoms. The van der Waals surface area contributed by atoms with Crippen LogP contribution in [0.15, 0.2) is 18.2 Å². The SMILES string of the molecule is CCCN(Cc1ccc(Cl)cc1[N+](=O)[O-])C1CNC1. The summed E-state index contributed by atoms with van der Waals surface area (Å²) in [5, 5.41) is 14.7.